The Hall–Kier alpha value is -0.800. The largest absolute Gasteiger partial charge is 0.398 e. The van der Waals surface area contributed by atoms with Crippen molar-refractivity contribution >= 4 is 38.7 Å². The summed E-state index contributed by atoms with van der Waals surface area (Å²) in [5.74, 6) is 0.00370. The molecule has 0 saturated heterocycles. The fraction of sp³-hybridized carbons (Fsp3) is 0.111. The SMILES string of the molecule is Nc1c(CCl)cc(F)c2sccc12. The summed E-state index contributed by atoms with van der Waals surface area (Å²) >= 11 is 6.98. The summed E-state index contributed by atoms with van der Waals surface area (Å²) in [5, 5.41) is 2.59. The third-order valence-electron chi connectivity index (χ3n) is 1.96. The summed E-state index contributed by atoms with van der Waals surface area (Å²) in [6, 6.07) is 3.22. The molecule has 0 aliphatic carbocycles. The Morgan fingerprint density at radius 3 is 3.00 bits per heavy atom. The predicted molar refractivity (Wildman–Crippen MR) is 55.8 cm³/mol. The Bertz CT molecular complexity index is 452. The van der Waals surface area contributed by atoms with Crippen LogP contribution < -0.4 is 5.73 Å². The van der Waals surface area contributed by atoms with Crippen molar-refractivity contribution in [3.8, 4) is 0 Å². The Balaban J connectivity index is 2.85. The van der Waals surface area contributed by atoms with Crippen LogP contribution in [0.15, 0.2) is 17.5 Å². The van der Waals surface area contributed by atoms with Gasteiger partial charge in [-0.05, 0) is 23.1 Å². The zero-order valence-electron chi connectivity index (χ0n) is 6.68. The molecule has 0 fully saturated rings. The minimum absolute atomic E-state index is 0.241. The number of alkyl halides is 1. The highest BCUT2D eigenvalue weighted by Crippen LogP contribution is 2.32. The first kappa shape index (κ1) is 8.78. The van der Waals surface area contributed by atoms with E-state index in [1.807, 2.05) is 11.4 Å². The first-order valence-corrected chi connectivity index (χ1v) is 5.15. The van der Waals surface area contributed by atoms with E-state index in [2.05, 4.69) is 0 Å². The second kappa shape index (κ2) is 3.16. The number of hydrogen-bond donors (Lipinski definition) is 1. The first-order chi connectivity index (χ1) is 6.24. The van der Waals surface area contributed by atoms with E-state index >= 15 is 0 Å². The van der Waals surface area contributed by atoms with E-state index in [0.29, 0.717) is 16.0 Å². The molecule has 1 heterocycles. The van der Waals surface area contributed by atoms with E-state index in [4.69, 9.17) is 17.3 Å². The number of hydrogen-bond acceptors (Lipinski definition) is 2. The number of rotatable bonds is 1. The molecule has 0 atom stereocenters. The summed E-state index contributed by atoms with van der Waals surface area (Å²) in [5.41, 5.74) is 7.05. The lowest BCUT2D eigenvalue weighted by atomic mass is 10.1. The lowest BCUT2D eigenvalue weighted by Gasteiger charge is -2.03. The van der Waals surface area contributed by atoms with Gasteiger partial charge in [-0.1, -0.05) is 0 Å². The van der Waals surface area contributed by atoms with Gasteiger partial charge < -0.3 is 5.73 Å². The highest BCUT2D eigenvalue weighted by atomic mass is 35.5. The minimum atomic E-state index is -0.241. The molecule has 0 bridgehead atoms. The third kappa shape index (κ3) is 1.28. The smallest absolute Gasteiger partial charge is 0.141 e. The number of nitrogens with two attached hydrogens (primary N) is 1. The van der Waals surface area contributed by atoms with Crippen LogP contribution in [0.25, 0.3) is 10.1 Å². The van der Waals surface area contributed by atoms with Gasteiger partial charge in [0.15, 0.2) is 0 Å². The average Bonchev–Trinajstić information content (AvgIpc) is 2.60. The van der Waals surface area contributed by atoms with E-state index in [1.165, 1.54) is 17.4 Å². The Morgan fingerprint density at radius 2 is 2.31 bits per heavy atom. The van der Waals surface area contributed by atoms with E-state index in [1.54, 1.807) is 0 Å². The van der Waals surface area contributed by atoms with Crippen molar-refractivity contribution in [3.05, 3.63) is 28.9 Å². The van der Waals surface area contributed by atoms with Crippen LogP contribution in [0.5, 0.6) is 0 Å². The number of thiophene rings is 1. The van der Waals surface area contributed by atoms with Crippen LogP contribution >= 0.6 is 22.9 Å². The van der Waals surface area contributed by atoms with E-state index < -0.39 is 0 Å². The lowest BCUT2D eigenvalue weighted by molar-refractivity contribution is 0.640. The molecule has 0 aliphatic heterocycles. The van der Waals surface area contributed by atoms with Crippen LogP contribution in [0.1, 0.15) is 5.56 Å². The van der Waals surface area contributed by atoms with Gasteiger partial charge in [0.2, 0.25) is 0 Å². The Labute approximate surface area is 83.9 Å². The molecular weight excluding hydrogens is 209 g/mol. The fourth-order valence-electron chi connectivity index (χ4n) is 1.29. The number of benzene rings is 1. The van der Waals surface area contributed by atoms with Gasteiger partial charge in [-0.2, -0.15) is 0 Å². The Morgan fingerprint density at radius 1 is 1.54 bits per heavy atom. The molecule has 13 heavy (non-hydrogen) atoms. The van der Waals surface area contributed by atoms with E-state index in [-0.39, 0.29) is 11.7 Å². The van der Waals surface area contributed by atoms with Crippen LogP contribution in [0.4, 0.5) is 10.1 Å². The topological polar surface area (TPSA) is 26.0 Å². The van der Waals surface area contributed by atoms with Gasteiger partial charge in [-0.15, -0.1) is 22.9 Å². The van der Waals surface area contributed by atoms with Gasteiger partial charge >= 0.3 is 0 Å². The Kier molecular flexibility index (Phi) is 2.14. The normalized spacial score (nSPS) is 10.9. The highest BCUT2D eigenvalue weighted by molar-refractivity contribution is 7.17. The summed E-state index contributed by atoms with van der Waals surface area (Å²) in [6.45, 7) is 0. The monoisotopic (exact) mass is 215 g/mol. The van der Waals surface area contributed by atoms with Gasteiger partial charge in [0, 0.05) is 17.0 Å². The summed E-state index contributed by atoms with van der Waals surface area (Å²) in [6.07, 6.45) is 0. The molecule has 1 aromatic carbocycles. The summed E-state index contributed by atoms with van der Waals surface area (Å²) < 4.78 is 13.9. The predicted octanol–water partition coefficient (Wildman–Crippen LogP) is 3.36. The van der Waals surface area contributed by atoms with Crippen molar-refractivity contribution in [1.29, 1.82) is 0 Å². The van der Waals surface area contributed by atoms with Gasteiger partial charge in [-0.25, -0.2) is 4.39 Å². The van der Waals surface area contributed by atoms with E-state index in [9.17, 15) is 4.39 Å². The molecule has 1 nitrogen and oxygen atoms in total. The minimum Gasteiger partial charge on any atom is -0.398 e. The second-order valence-electron chi connectivity index (χ2n) is 2.73. The number of nitrogen functional groups attached to an aromatic ring is 1. The summed E-state index contributed by atoms with van der Waals surface area (Å²) in [4.78, 5) is 0. The van der Waals surface area contributed by atoms with Crippen molar-refractivity contribution in [3.63, 3.8) is 0 Å². The van der Waals surface area contributed by atoms with Crippen molar-refractivity contribution < 1.29 is 4.39 Å². The van der Waals surface area contributed by atoms with Crippen LogP contribution in [0.2, 0.25) is 0 Å². The molecule has 68 valence electrons. The molecule has 0 radical (unpaired) electrons. The molecule has 1 aromatic heterocycles. The number of fused-ring (bicyclic) bond motifs is 1. The maximum absolute atomic E-state index is 13.3. The average molecular weight is 216 g/mol. The second-order valence-corrected chi connectivity index (χ2v) is 3.91. The van der Waals surface area contributed by atoms with Crippen LogP contribution in [-0.2, 0) is 5.88 Å². The molecule has 2 N–H and O–H groups in total. The maximum atomic E-state index is 13.3. The molecule has 2 aromatic rings. The van der Waals surface area contributed by atoms with Crippen LogP contribution in [0, 0.1) is 5.82 Å². The van der Waals surface area contributed by atoms with Gasteiger partial charge in [0.1, 0.15) is 5.82 Å². The van der Waals surface area contributed by atoms with Gasteiger partial charge in [0.25, 0.3) is 0 Å². The van der Waals surface area contributed by atoms with Gasteiger partial charge in [-0.3, -0.25) is 0 Å². The van der Waals surface area contributed by atoms with Crippen molar-refractivity contribution in [2.45, 2.75) is 5.88 Å². The molecule has 0 amide bonds. The zero-order chi connectivity index (χ0) is 9.42. The standard InChI is InChI=1S/C9H7ClFNS/c10-4-5-3-7(11)9-6(8(5)12)1-2-13-9/h1-3H,4,12H2. The van der Waals surface area contributed by atoms with Crippen molar-refractivity contribution in [2.24, 2.45) is 0 Å². The highest BCUT2D eigenvalue weighted by Gasteiger charge is 2.09. The zero-order valence-corrected chi connectivity index (χ0v) is 8.25. The third-order valence-corrected chi connectivity index (χ3v) is 3.17. The van der Waals surface area contributed by atoms with Gasteiger partial charge in [0.05, 0.1) is 4.70 Å². The summed E-state index contributed by atoms with van der Waals surface area (Å²) in [7, 11) is 0. The van der Waals surface area contributed by atoms with E-state index in [0.717, 1.165) is 5.39 Å². The number of halogens is 2. The molecule has 4 heteroatoms. The maximum Gasteiger partial charge on any atom is 0.141 e. The molecule has 0 saturated carbocycles. The molecule has 0 spiro atoms. The van der Waals surface area contributed by atoms with Crippen molar-refractivity contribution in [1.82, 2.24) is 0 Å². The fourth-order valence-corrected chi connectivity index (χ4v) is 2.32. The lowest BCUT2D eigenvalue weighted by Crippen LogP contribution is -1.93. The van der Waals surface area contributed by atoms with Crippen LogP contribution in [-0.4, -0.2) is 0 Å². The quantitative estimate of drug-likeness (QED) is 0.573. The molecule has 0 unspecified atom stereocenters. The number of anilines is 1. The first-order valence-electron chi connectivity index (χ1n) is 3.74. The molecular formula is C9H7ClFNS. The molecule has 0 aliphatic rings. The van der Waals surface area contributed by atoms with Crippen LogP contribution in [0.3, 0.4) is 0 Å². The van der Waals surface area contributed by atoms with Crippen molar-refractivity contribution in [2.75, 3.05) is 5.73 Å². The molecule has 2 rings (SSSR count).